The molecule has 0 aromatic heterocycles. The van der Waals surface area contributed by atoms with E-state index in [4.69, 9.17) is 4.74 Å². The quantitative estimate of drug-likeness (QED) is 0.708. The minimum absolute atomic E-state index is 0.0691. The molecule has 1 heterocycles. The fourth-order valence-electron chi connectivity index (χ4n) is 3.72. The van der Waals surface area contributed by atoms with Crippen LogP contribution in [0.15, 0.2) is 60.7 Å². The van der Waals surface area contributed by atoms with Crippen molar-refractivity contribution in [1.82, 2.24) is 9.80 Å². The van der Waals surface area contributed by atoms with Crippen molar-refractivity contribution in [1.29, 1.82) is 0 Å². The van der Waals surface area contributed by atoms with E-state index in [1.54, 1.807) is 0 Å². The molecule has 1 fully saturated rings. The fourth-order valence-corrected chi connectivity index (χ4v) is 3.72. The van der Waals surface area contributed by atoms with Gasteiger partial charge in [-0.25, -0.2) is 9.18 Å². The van der Waals surface area contributed by atoms with Crippen LogP contribution in [-0.2, 0) is 17.8 Å². The van der Waals surface area contributed by atoms with Crippen molar-refractivity contribution in [2.24, 2.45) is 0 Å². The number of halogens is 1. The Morgan fingerprint density at radius 1 is 1.03 bits per heavy atom. The van der Waals surface area contributed by atoms with E-state index in [2.05, 4.69) is 29.2 Å². The number of hydrogen-bond donors (Lipinski definition) is 0. The summed E-state index contributed by atoms with van der Waals surface area (Å²) in [7, 11) is 0. The number of benzene rings is 2. The molecule has 3 rings (SSSR count). The highest BCUT2D eigenvalue weighted by atomic mass is 19.1. The number of carbonyl (C=O) groups excluding carboxylic acids is 1. The van der Waals surface area contributed by atoms with Crippen LogP contribution in [-0.4, -0.2) is 46.8 Å². The van der Waals surface area contributed by atoms with Gasteiger partial charge in [-0.15, -0.1) is 0 Å². The lowest BCUT2D eigenvalue weighted by Crippen LogP contribution is -2.54. The normalized spacial score (nSPS) is 20.0. The number of rotatable bonds is 5. The van der Waals surface area contributed by atoms with E-state index in [-0.39, 0.29) is 12.6 Å². The zero-order valence-corrected chi connectivity index (χ0v) is 17.6. The zero-order valence-electron chi connectivity index (χ0n) is 17.6. The summed E-state index contributed by atoms with van der Waals surface area (Å²) in [4.78, 5) is 16.0. The van der Waals surface area contributed by atoms with Crippen LogP contribution in [0.1, 0.15) is 38.3 Å². The maximum atomic E-state index is 15.3. The van der Waals surface area contributed by atoms with Crippen molar-refractivity contribution in [3.05, 3.63) is 71.8 Å². The molecule has 4 nitrogen and oxygen atoms in total. The van der Waals surface area contributed by atoms with Crippen LogP contribution in [0.5, 0.6) is 0 Å². The van der Waals surface area contributed by atoms with Gasteiger partial charge in [-0.2, -0.15) is 0 Å². The van der Waals surface area contributed by atoms with Crippen molar-refractivity contribution >= 4 is 6.09 Å². The Bertz CT molecular complexity index is 735. The smallest absolute Gasteiger partial charge is 0.410 e. The van der Waals surface area contributed by atoms with Crippen LogP contribution in [0, 0.1) is 0 Å². The number of nitrogens with zero attached hydrogens (tertiary/aromatic N) is 2. The first-order chi connectivity index (χ1) is 13.8. The summed E-state index contributed by atoms with van der Waals surface area (Å²) >= 11 is 0. The lowest BCUT2D eigenvalue weighted by atomic mass is 9.99. The van der Waals surface area contributed by atoms with Crippen LogP contribution < -0.4 is 0 Å². The second kappa shape index (κ2) is 9.40. The average molecular weight is 399 g/mol. The molecule has 1 amide bonds. The minimum Gasteiger partial charge on any atom is -0.444 e. The van der Waals surface area contributed by atoms with Crippen LogP contribution >= 0.6 is 0 Å². The van der Waals surface area contributed by atoms with E-state index in [1.807, 2.05) is 57.2 Å². The Hall–Kier alpha value is -2.40. The van der Waals surface area contributed by atoms with Gasteiger partial charge < -0.3 is 9.64 Å². The summed E-state index contributed by atoms with van der Waals surface area (Å²) < 4.78 is 20.7. The summed E-state index contributed by atoms with van der Waals surface area (Å²) in [5.41, 5.74) is 1.74. The molecular formula is C24H31FN2O2. The highest BCUT2D eigenvalue weighted by Crippen LogP contribution is 2.25. The third kappa shape index (κ3) is 6.29. The number of hydrogen-bond acceptors (Lipinski definition) is 3. The molecule has 1 aliphatic heterocycles. The van der Waals surface area contributed by atoms with Gasteiger partial charge in [-0.1, -0.05) is 60.7 Å². The van der Waals surface area contributed by atoms with E-state index >= 15 is 4.39 Å². The highest BCUT2D eigenvalue weighted by molar-refractivity contribution is 5.68. The molecule has 0 aliphatic carbocycles. The first kappa shape index (κ1) is 21.3. The topological polar surface area (TPSA) is 32.8 Å². The van der Waals surface area contributed by atoms with E-state index in [0.29, 0.717) is 26.1 Å². The second-order valence-corrected chi connectivity index (χ2v) is 8.67. The van der Waals surface area contributed by atoms with Gasteiger partial charge >= 0.3 is 6.09 Å². The molecule has 0 radical (unpaired) electrons. The van der Waals surface area contributed by atoms with Crippen LogP contribution in [0.4, 0.5) is 9.18 Å². The van der Waals surface area contributed by atoms with E-state index in [9.17, 15) is 4.79 Å². The number of piperidine rings is 1. The number of ether oxygens (including phenoxy) is 1. The van der Waals surface area contributed by atoms with Crippen molar-refractivity contribution in [2.75, 3.05) is 13.1 Å². The van der Waals surface area contributed by atoms with Gasteiger partial charge in [0.15, 0.2) is 0 Å². The second-order valence-electron chi connectivity index (χ2n) is 8.67. The average Bonchev–Trinajstić information content (AvgIpc) is 2.68. The first-order valence-electron chi connectivity index (χ1n) is 10.3. The molecule has 2 aromatic carbocycles. The molecular weight excluding hydrogens is 367 g/mol. The Labute approximate surface area is 173 Å². The standard InChI is InChI=1S/C24H31FN2O2/c1-24(2,3)29-23(28)26-15-14-22(21(25)18-26)27(16-19-10-6-4-7-11-19)17-20-12-8-5-9-13-20/h4-13,21-22H,14-18H2,1-3H3/t21-,22+/m0/s1. The maximum absolute atomic E-state index is 15.3. The SMILES string of the molecule is CC(C)(C)OC(=O)N1CC[C@@H](N(Cc2ccccc2)Cc2ccccc2)[C@@H](F)C1. The van der Waals surface area contributed by atoms with Crippen molar-refractivity contribution in [3.63, 3.8) is 0 Å². The van der Waals surface area contributed by atoms with Crippen molar-refractivity contribution < 1.29 is 13.9 Å². The number of carbonyl (C=O) groups is 1. The molecule has 0 saturated carbocycles. The number of alkyl halides is 1. The molecule has 0 bridgehead atoms. The Kier molecular flexibility index (Phi) is 6.91. The van der Waals surface area contributed by atoms with Gasteiger partial charge in [0.25, 0.3) is 0 Å². The Balaban J connectivity index is 1.71. The summed E-state index contributed by atoms with van der Waals surface area (Å²) in [5.74, 6) is 0. The van der Waals surface area contributed by atoms with Crippen LogP contribution in [0.25, 0.3) is 0 Å². The molecule has 5 heteroatoms. The van der Waals surface area contributed by atoms with Crippen molar-refractivity contribution in [2.45, 2.75) is 58.1 Å². The molecule has 29 heavy (non-hydrogen) atoms. The molecule has 2 atom stereocenters. The highest BCUT2D eigenvalue weighted by Gasteiger charge is 2.36. The molecule has 156 valence electrons. The molecule has 0 unspecified atom stereocenters. The third-order valence-electron chi connectivity index (χ3n) is 5.08. The largest absolute Gasteiger partial charge is 0.444 e. The van der Waals surface area contributed by atoms with Crippen LogP contribution in [0.3, 0.4) is 0 Å². The Morgan fingerprint density at radius 3 is 2.00 bits per heavy atom. The molecule has 2 aromatic rings. The van der Waals surface area contributed by atoms with E-state index in [1.165, 1.54) is 4.90 Å². The summed E-state index contributed by atoms with van der Waals surface area (Å²) in [6.07, 6.45) is -0.972. The molecule has 0 N–H and O–H groups in total. The minimum atomic E-state index is -1.12. The predicted octanol–water partition coefficient (Wildman–Crippen LogP) is 5.04. The van der Waals surface area contributed by atoms with Gasteiger partial charge in [-0.3, -0.25) is 4.90 Å². The number of likely N-dealkylation sites (tertiary alicyclic amines) is 1. The monoisotopic (exact) mass is 398 g/mol. The number of amides is 1. The van der Waals surface area contributed by atoms with Gasteiger partial charge in [-0.05, 0) is 38.3 Å². The van der Waals surface area contributed by atoms with E-state index in [0.717, 1.165) is 11.1 Å². The first-order valence-corrected chi connectivity index (χ1v) is 10.3. The fraction of sp³-hybridized carbons (Fsp3) is 0.458. The Morgan fingerprint density at radius 2 is 1.55 bits per heavy atom. The molecule has 1 aliphatic rings. The lowest BCUT2D eigenvalue weighted by Gasteiger charge is -2.41. The van der Waals surface area contributed by atoms with E-state index < -0.39 is 17.9 Å². The zero-order chi connectivity index (χ0) is 20.9. The third-order valence-corrected chi connectivity index (χ3v) is 5.08. The maximum Gasteiger partial charge on any atom is 0.410 e. The van der Waals surface area contributed by atoms with Gasteiger partial charge in [0, 0.05) is 25.7 Å². The summed E-state index contributed by atoms with van der Waals surface area (Å²) in [6, 6.07) is 20.0. The lowest BCUT2D eigenvalue weighted by molar-refractivity contribution is -0.00842. The molecule has 1 saturated heterocycles. The predicted molar refractivity (Wildman–Crippen MR) is 113 cm³/mol. The molecule has 0 spiro atoms. The summed E-state index contributed by atoms with van der Waals surface area (Å²) in [6.45, 7) is 7.39. The van der Waals surface area contributed by atoms with Gasteiger partial charge in [0.05, 0.1) is 6.54 Å². The van der Waals surface area contributed by atoms with Crippen LogP contribution in [0.2, 0.25) is 0 Å². The van der Waals surface area contributed by atoms with Crippen molar-refractivity contribution in [3.8, 4) is 0 Å². The van der Waals surface area contributed by atoms with Gasteiger partial charge in [0.2, 0.25) is 0 Å². The van der Waals surface area contributed by atoms with Gasteiger partial charge in [0.1, 0.15) is 11.8 Å². The summed E-state index contributed by atoms with van der Waals surface area (Å²) in [5, 5.41) is 0.